The molecule has 1 aliphatic carbocycles. The van der Waals surface area contributed by atoms with Gasteiger partial charge in [0.05, 0.1) is 12.5 Å². The van der Waals surface area contributed by atoms with E-state index in [2.05, 4.69) is 32.0 Å². The summed E-state index contributed by atoms with van der Waals surface area (Å²) in [6.07, 6.45) is 2.51. The minimum atomic E-state index is -0.828. The summed E-state index contributed by atoms with van der Waals surface area (Å²) >= 11 is 0. The van der Waals surface area contributed by atoms with Crippen LogP contribution in [0.25, 0.3) is 10.8 Å². The average molecular weight is 312 g/mol. The van der Waals surface area contributed by atoms with Crippen LogP contribution in [0.1, 0.15) is 56.2 Å². The molecule has 122 valence electrons. The van der Waals surface area contributed by atoms with Gasteiger partial charge in [-0.3, -0.25) is 4.79 Å². The maximum Gasteiger partial charge on any atom is 0.313 e. The second-order valence-electron chi connectivity index (χ2n) is 7.06. The summed E-state index contributed by atoms with van der Waals surface area (Å²) in [7, 11) is 1.66. The van der Waals surface area contributed by atoms with Crippen LogP contribution < -0.4 is 4.74 Å². The van der Waals surface area contributed by atoms with Crippen molar-refractivity contribution in [3.63, 3.8) is 0 Å². The van der Waals surface area contributed by atoms with Gasteiger partial charge in [0.25, 0.3) is 0 Å². The van der Waals surface area contributed by atoms with Crippen molar-refractivity contribution in [3.8, 4) is 5.75 Å². The van der Waals surface area contributed by atoms with E-state index in [0.717, 1.165) is 34.9 Å². The molecular weight excluding hydrogens is 288 g/mol. The summed E-state index contributed by atoms with van der Waals surface area (Å²) in [4.78, 5) is 11.9. The predicted molar refractivity (Wildman–Crippen MR) is 92.5 cm³/mol. The number of benzene rings is 2. The van der Waals surface area contributed by atoms with Crippen molar-refractivity contribution in [2.24, 2.45) is 0 Å². The van der Waals surface area contributed by atoms with Crippen molar-refractivity contribution >= 4 is 16.7 Å². The summed E-state index contributed by atoms with van der Waals surface area (Å²) in [5.74, 6) is 0.471. The smallest absolute Gasteiger partial charge is 0.313 e. The third-order valence-corrected chi connectivity index (χ3v) is 5.29. The number of aryl methyl sites for hydroxylation is 1. The molecule has 2 aromatic rings. The highest BCUT2D eigenvalue weighted by Gasteiger charge is 2.40. The van der Waals surface area contributed by atoms with E-state index in [4.69, 9.17) is 4.74 Å². The maximum atomic E-state index is 11.9. The van der Waals surface area contributed by atoms with E-state index < -0.39 is 11.4 Å². The average Bonchev–Trinajstić information content (AvgIpc) is 2.53. The van der Waals surface area contributed by atoms with Gasteiger partial charge in [-0.25, -0.2) is 0 Å². The predicted octanol–water partition coefficient (Wildman–Crippen LogP) is 4.65. The highest BCUT2D eigenvalue weighted by atomic mass is 16.5. The lowest BCUT2D eigenvalue weighted by Crippen LogP contribution is -2.36. The molecule has 0 aromatic heterocycles. The molecule has 0 saturated heterocycles. The summed E-state index contributed by atoms with van der Waals surface area (Å²) in [6, 6.07) is 8.43. The number of carboxylic acid groups (broad SMARTS) is 1. The highest BCUT2D eigenvalue weighted by Crippen LogP contribution is 2.44. The Labute approximate surface area is 137 Å². The monoisotopic (exact) mass is 312 g/mol. The summed E-state index contributed by atoms with van der Waals surface area (Å²) < 4.78 is 5.61. The first-order chi connectivity index (χ1) is 10.9. The number of carbonyl (C=O) groups is 1. The van der Waals surface area contributed by atoms with E-state index in [-0.39, 0.29) is 0 Å². The molecule has 1 aliphatic rings. The van der Waals surface area contributed by atoms with Crippen molar-refractivity contribution in [2.75, 3.05) is 7.11 Å². The first kappa shape index (κ1) is 15.9. The van der Waals surface area contributed by atoms with Gasteiger partial charge in [-0.1, -0.05) is 26.0 Å². The first-order valence-corrected chi connectivity index (χ1v) is 8.26. The quantitative estimate of drug-likeness (QED) is 0.897. The van der Waals surface area contributed by atoms with E-state index in [1.165, 1.54) is 11.1 Å². The number of rotatable bonds is 3. The van der Waals surface area contributed by atoms with Gasteiger partial charge in [0.1, 0.15) is 5.75 Å². The summed E-state index contributed by atoms with van der Waals surface area (Å²) in [5.41, 5.74) is 2.53. The second-order valence-corrected chi connectivity index (χ2v) is 7.06. The number of carboxylic acids is 1. The molecule has 23 heavy (non-hydrogen) atoms. The van der Waals surface area contributed by atoms with E-state index in [0.29, 0.717) is 12.3 Å². The molecule has 3 rings (SSSR count). The normalized spacial score (nSPS) is 20.6. The standard InChI is InChI=1S/C20H24O3/c1-12(2)13-7-8-14-15-6-5-9-20(3,19(21)22)17(15)11-18(23-4)16(14)10-13/h7-8,10-12H,5-6,9H2,1-4H3,(H,21,22). The van der Waals surface area contributed by atoms with Gasteiger partial charge in [0, 0.05) is 5.39 Å². The maximum absolute atomic E-state index is 11.9. The largest absolute Gasteiger partial charge is 0.496 e. The molecule has 3 nitrogen and oxygen atoms in total. The van der Waals surface area contributed by atoms with Crippen LogP contribution in [0.3, 0.4) is 0 Å². The van der Waals surface area contributed by atoms with Gasteiger partial charge >= 0.3 is 5.97 Å². The molecule has 0 spiro atoms. The molecule has 0 radical (unpaired) electrons. The number of fused-ring (bicyclic) bond motifs is 3. The van der Waals surface area contributed by atoms with Crippen LogP contribution in [0.15, 0.2) is 24.3 Å². The van der Waals surface area contributed by atoms with E-state index in [9.17, 15) is 9.90 Å². The SMILES string of the molecule is COc1cc2c(c3ccc(C(C)C)cc13)CCCC2(C)C(=O)O. The Bertz CT molecular complexity index is 776. The molecule has 0 aliphatic heterocycles. The van der Waals surface area contributed by atoms with Crippen LogP contribution >= 0.6 is 0 Å². The molecule has 0 heterocycles. The molecule has 0 bridgehead atoms. The number of hydrogen-bond acceptors (Lipinski definition) is 2. The Morgan fingerprint density at radius 3 is 2.61 bits per heavy atom. The highest BCUT2D eigenvalue weighted by molar-refractivity contribution is 5.95. The third-order valence-electron chi connectivity index (χ3n) is 5.29. The first-order valence-electron chi connectivity index (χ1n) is 8.26. The van der Waals surface area contributed by atoms with E-state index in [1.807, 2.05) is 13.0 Å². The molecule has 0 saturated carbocycles. The minimum Gasteiger partial charge on any atom is -0.496 e. The van der Waals surface area contributed by atoms with Gasteiger partial charge in [0.15, 0.2) is 0 Å². The van der Waals surface area contributed by atoms with Crippen LogP contribution in [0.2, 0.25) is 0 Å². The topological polar surface area (TPSA) is 46.5 Å². The van der Waals surface area contributed by atoms with Gasteiger partial charge in [0.2, 0.25) is 0 Å². The van der Waals surface area contributed by atoms with Crippen LogP contribution in [0.5, 0.6) is 5.75 Å². The van der Waals surface area contributed by atoms with E-state index >= 15 is 0 Å². The lowest BCUT2D eigenvalue weighted by atomic mass is 9.70. The minimum absolute atomic E-state index is 0.449. The Morgan fingerprint density at radius 1 is 1.26 bits per heavy atom. The lowest BCUT2D eigenvalue weighted by Gasteiger charge is -2.33. The molecule has 1 N–H and O–H groups in total. The Kier molecular flexibility index (Phi) is 3.83. The molecule has 0 fully saturated rings. The number of hydrogen-bond donors (Lipinski definition) is 1. The fourth-order valence-electron chi connectivity index (χ4n) is 3.74. The van der Waals surface area contributed by atoms with Crippen LogP contribution in [0, 0.1) is 0 Å². The third kappa shape index (κ3) is 2.39. The van der Waals surface area contributed by atoms with Crippen molar-refractivity contribution in [2.45, 2.75) is 51.4 Å². The van der Waals surface area contributed by atoms with Gasteiger partial charge in [-0.2, -0.15) is 0 Å². The Morgan fingerprint density at radius 2 is 2.00 bits per heavy atom. The number of aliphatic carboxylic acids is 1. The van der Waals surface area contributed by atoms with Crippen molar-refractivity contribution < 1.29 is 14.6 Å². The fraction of sp³-hybridized carbons (Fsp3) is 0.450. The number of methoxy groups -OCH3 is 1. The number of ether oxygens (including phenoxy) is 1. The fourth-order valence-corrected chi connectivity index (χ4v) is 3.74. The van der Waals surface area contributed by atoms with Crippen LogP contribution in [0.4, 0.5) is 0 Å². The van der Waals surface area contributed by atoms with E-state index in [1.54, 1.807) is 7.11 Å². The van der Waals surface area contributed by atoms with Gasteiger partial charge < -0.3 is 9.84 Å². The van der Waals surface area contributed by atoms with Crippen molar-refractivity contribution in [1.29, 1.82) is 0 Å². The molecule has 1 atom stereocenters. The molecule has 2 aromatic carbocycles. The van der Waals surface area contributed by atoms with Crippen molar-refractivity contribution in [1.82, 2.24) is 0 Å². The summed E-state index contributed by atoms with van der Waals surface area (Å²) in [6.45, 7) is 6.18. The van der Waals surface area contributed by atoms with Crippen molar-refractivity contribution in [3.05, 3.63) is 41.0 Å². The van der Waals surface area contributed by atoms with Crippen LogP contribution in [-0.2, 0) is 16.6 Å². The van der Waals surface area contributed by atoms with Gasteiger partial charge in [-0.15, -0.1) is 0 Å². The molecule has 0 amide bonds. The molecule has 3 heteroatoms. The molecule has 1 unspecified atom stereocenters. The zero-order valence-electron chi connectivity index (χ0n) is 14.3. The molecular formula is C20H24O3. The lowest BCUT2D eigenvalue weighted by molar-refractivity contribution is -0.143. The Hall–Kier alpha value is -2.03. The van der Waals surface area contributed by atoms with Crippen LogP contribution in [-0.4, -0.2) is 18.2 Å². The zero-order valence-corrected chi connectivity index (χ0v) is 14.3. The second kappa shape index (κ2) is 5.55. The Balaban J connectivity index is 2.34. The zero-order chi connectivity index (χ0) is 16.8. The van der Waals surface area contributed by atoms with Gasteiger partial charge in [-0.05, 0) is 66.3 Å². The summed E-state index contributed by atoms with van der Waals surface area (Å²) in [5, 5.41) is 12.0.